The lowest BCUT2D eigenvalue weighted by Crippen LogP contribution is -2.59. The van der Waals surface area contributed by atoms with Gasteiger partial charge < -0.3 is 15.2 Å². The van der Waals surface area contributed by atoms with Crippen molar-refractivity contribution < 1.29 is 27.8 Å². The van der Waals surface area contributed by atoms with E-state index in [9.17, 15) is 23.1 Å². The fourth-order valence-electron chi connectivity index (χ4n) is 5.84. The van der Waals surface area contributed by atoms with Gasteiger partial charge in [-0.2, -0.15) is 13.2 Å². The molecule has 2 aromatic rings. The van der Waals surface area contributed by atoms with Crippen LogP contribution in [0.15, 0.2) is 30.3 Å². The predicted molar refractivity (Wildman–Crippen MR) is 130 cm³/mol. The van der Waals surface area contributed by atoms with E-state index < -0.39 is 29.0 Å². The molecule has 2 fully saturated rings. The first kappa shape index (κ1) is 25.8. The standard InChI is InChI=1S/C28H36F3NO3/c1-5-17-6-11-20(12-7-17)35-23-13-10-18-8-9-19(14-21(18)25(23)28(29,30)31)16(2)32-24-15-22(26(33)34)27(24,3)4/h8-10,13-14,16-17,20,22,24,32H,5-7,11-12,15H2,1-4H3,(H,33,34)/t16-,17?,20?,22-,24+/m1/s1. The number of aliphatic carboxylic acids is 1. The van der Waals surface area contributed by atoms with Gasteiger partial charge in [-0.25, -0.2) is 0 Å². The molecule has 35 heavy (non-hydrogen) atoms. The minimum Gasteiger partial charge on any atom is -0.490 e. The lowest BCUT2D eigenvalue weighted by atomic mass is 9.58. The molecule has 0 spiro atoms. The number of benzene rings is 2. The normalized spacial score (nSPS) is 27.3. The number of nitrogens with one attached hydrogen (secondary N) is 1. The van der Waals surface area contributed by atoms with Crippen molar-refractivity contribution in [3.8, 4) is 5.75 Å². The van der Waals surface area contributed by atoms with Crippen LogP contribution in [-0.2, 0) is 11.0 Å². The Morgan fingerprint density at radius 3 is 2.40 bits per heavy atom. The van der Waals surface area contributed by atoms with Crippen LogP contribution in [0.2, 0.25) is 0 Å². The molecule has 7 heteroatoms. The molecular formula is C28H36F3NO3. The average Bonchev–Trinajstić information content (AvgIpc) is 2.80. The van der Waals surface area contributed by atoms with Gasteiger partial charge in [0.25, 0.3) is 0 Å². The summed E-state index contributed by atoms with van der Waals surface area (Å²) in [5.41, 5.74) is -0.402. The average molecular weight is 492 g/mol. The summed E-state index contributed by atoms with van der Waals surface area (Å²) >= 11 is 0. The molecule has 0 aromatic heterocycles. The van der Waals surface area contributed by atoms with Crippen molar-refractivity contribution in [2.24, 2.45) is 17.3 Å². The Bertz CT molecular complexity index is 1070. The lowest BCUT2D eigenvalue weighted by Gasteiger charge is -2.51. The van der Waals surface area contributed by atoms with Gasteiger partial charge in [0.2, 0.25) is 0 Å². The highest BCUT2D eigenvalue weighted by Gasteiger charge is 2.52. The zero-order valence-electron chi connectivity index (χ0n) is 20.9. The number of halogens is 3. The van der Waals surface area contributed by atoms with Crippen LogP contribution in [0.1, 0.15) is 83.4 Å². The first-order valence-electron chi connectivity index (χ1n) is 12.7. The number of ether oxygens (including phenoxy) is 1. The fourth-order valence-corrected chi connectivity index (χ4v) is 5.84. The second-order valence-electron chi connectivity index (χ2n) is 11.0. The highest BCUT2D eigenvalue weighted by Crippen LogP contribution is 2.47. The van der Waals surface area contributed by atoms with E-state index >= 15 is 0 Å². The Morgan fingerprint density at radius 2 is 1.83 bits per heavy atom. The van der Waals surface area contributed by atoms with Gasteiger partial charge in [-0.3, -0.25) is 4.79 Å². The van der Waals surface area contributed by atoms with Gasteiger partial charge in [-0.15, -0.1) is 0 Å². The molecule has 4 nitrogen and oxygen atoms in total. The van der Waals surface area contributed by atoms with Gasteiger partial charge in [-0.05, 0) is 78.8 Å². The quantitative estimate of drug-likeness (QED) is 0.425. The molecule has 2 aromatic carbocycles. The zero-order chi connectivity index (χ0) is 25.5. The molecule has 0 unspecified atom stereocenters. The molecule has 4 rings (SSSR count). The SMILES string of the molecule is CCC1CCC(Oc2ccc3ccc([C@@H](C)N[C@H]4C[C@H](C(=O)O)C4(C)C)cc3c2C(F)(F)F)CC1. The summed E-state index contributed by atoms with van der Waals surface area (Å²) in [4.78, 5) is 11.4. The summed E-state index contributed by atoms with van der Waals surface area (Å²) in [6.07, 6.45) is 0.408. The van der Waals surface area contributed by atoms with Gasteiger partial charge in [0.05, 0.1) is 12.0 Å². The van der Waals surface area contributed by atoms with Crippen molar-refractivity contribution in [1.82, 2.24) is 5.32 Å². The Morgan fingerprint density at radius 1 is 1.17 bits per heavy atom. The van der Waals surface area contributed by atoms with Crippen molar-refractivity contribution >= 4 is 16.7 Å². The maximum absolute atomic E-state index is 14.3. The van der Waals surface area contributed by atoms with Crippen LogP contribution in [0.25, 0.3) is 10.8 Å². The van der Waals surface area contributed by atoms with Crippen molar-refractivity contribution in [3.63, 3.8) is 0 Å². The summed E-state index contributed by atoms with van der Waals surface area (Å²) in [5.74, 6) is -0.687. The van der Waals surface area contributed by atoms with Crippen LogP contribution in [0.4, 0.5) is 13.2 Å². The Balaban J connectivity index is 1.60. The fraction of sp³-hybridized carbons (Fsp3) is 0.607. The summed E-state index contributed by atoms with van der Waals surface area (Å²) < 4.78 is 49.0. The second-order valence-corrected chi connectivity index (χ2v) is 11.0. The summed E-state index contributed by atoms with van der Waals surface area (Å²) in [6.45, 7) is 7.89. The van der Waals surface area contributed by atoms with E-state index in [4.69, 9.17) is 4.74 Å². The van der Waals surface area contributed by atoms with Gasteiger partial charge in [0.15, 0.2) is 0 Å². The summed E-state index contributed by atoms with van der Waals surface area (Å²) in [5, 5.41) is 13.5. The smallest absolute Gasteiger partial charge is 0.420 e. The van der Waals surface area contributed by atoms with E-state index in [1.54, 1.807) is 18.2 Å². The minimum absolute atomic E-state index is 0.0238. The second kappa shape index (κ2) is 9.64. The highest BCUT2D eigenvalue weighted by atomic mass is 19.4. The Labute approximate surface area is 205 Å². The number of fused-ring (bicyclic) bond motifs is 1. The Kier molecular flexibility index (Phi) is 7.11. The molecule has 0 amide bonds. The van der Waals surface area contributed by atoms with Crippen molar-refractivity contribution in [3.05, 3.63) is 41.5 Å². The number of carboxylic acid groups (broad SMARTS) is 1. The van der Waals surface area contributed by atoms with E-state index in [0.717, 1.165) is 37.7 Å². The van der Waals surface area contributed by atoms with Crippen LogP contribution in [0.3, 0.4) is 0 Å². The number of rotatable bonds is 7. The third-order valence-electron chi connectivity index (χ3n) is 8.47. The number of carboxylic acids is 1. The molecule has 2 N–H and O–H groups in total. The molecule has 192 valence electrons. The van der Waals surface area contributed by atoms with Crippen LogP contribution in [0, 0.1) is 17.3 Å². The van der Waals surface area contributed by atoms with Crippen LogP contribution in [0.5, 0.6) is 5.75 Å². The summed E-state index contributed by atoms with van der Waals surface area (Å²) in [7, 11) is 0. The largest absolute Gasteiger partial charge is 0.490 e. The monoisotopic (exact) mass is 491 g/mol. The van der Waals surface area contributed by atoms with Crippen molar-refractivity contribution in [2.75, 3.05) is 0 Å². The first-order chi connectivity index (χ1) is 16.4. The molecule has 2 aliphatic carbocycles. The number of hydrogen-bond acceptors (Lipinski definition) is 3. The first-order valence-corrected chi connectivity index (χ1v) is 12.7. The molecule has 2 saturated carbocycles. The maximum atomic E-state index is 14.3. The molecule has 0 aliphatic heterocycles. The number of hydrogen-bond donors (Lipinski definition) is 2. The van der Waals surface area contributed by atoms with E-state index in [-0.39, 0.29) is 29.3 Å². The third kappa shape index (κ3) is 5.16. The third-order valence-corrected chi connectivity index (χ3v) is 8.47. The summed E-state index contributed by atoms with van der Waals surface area (Å²) in [6, 6.07) is 8.08. The highest BCUT2D eigenvalue weighted by molar-refractivity contribution is 5.89. The van der Waals surface area contributed by atoms with Gasteiger partial charge in [-0.1, -0.05) is 45.4 Å². The molecule has 3 atom stereocenters. The van der Waals surface area contributed by atoms with Gasteiger partial charge in [0.1, 0.15) is 11.3 Å². The molecule has 0 saturated heterocycles. The molecule has 0 radical (unpaired) electrons. The zero-order valence-corrected chi connectivity index (χ0v) is 20.9. The van der Waals surface area contributed by atoms with Crippen molar-refractivity contribution in [2.45, 2.75) is 90.6 Å². The molecule has 0 heterocycles. The van der Waals surface area contributed by atoms with Crippen LogP contribution >= 0.6 is 0 Å². The lowest BCUT2D eigenvalue weighted by molar-refractivity contribution is -0.155. The van der Waals surface area contributed by atoms with E-state index in [1.165, 1.54) is 6.07 Å². The topological polar surface area (TPSA) is 58.6 Å². The number of carbonyl (C=O) groups is 1. The number of alkyl halides is 3. The van der Waals surface area contributed by atoms with Crippen LogP contribution < -0.4 is 10.1 Å². The van der Waals surface area contributed by atoms with Gasteiger partial charge in [0, 0.05) is 12.1 Å². The maximum Gasteiger partial charge on any atom is 0.420 e. The van der Waals surface area contributed by atoms with E-state index in [1.807, 2.05) is 26.8 Å². The van der Waals surface area contributed by atoms with E-state index in [2.05, 4.69) is 12.2 Å². The minimum atomic E-state index is -4.55. The van der Waals surface area contributed by atoms with Crippen LogP contribution in [-0.4, -0.2) is 23.2 Å². The van der Waals surface area contributed by atoms with Crippen molar-refractivity contribution in [1.29, 1.82) is 0 Å². The Hall–Kier alpha value is -2.28. The molecular weight excluding hydrogens is 455 g/mol. The van der Waals surface area contributed by atoms with Gasteiger partial charge >= 0.3 is 12.1 Å². The van der Waals surface area contributed by atoms with E-state index in [0.29, 0.717) is 17.7 Å². The molecule has 0 bridgehead atoms. The predicted octanol–water partition coefficient (Wildman–Crippen LogP) is 7.36. The molecule has 2 aliphatic rings.